The van der Waals surface area contributed by atoms with E-state index in [2.05, 4.69) is 88.8 Å². The van der Waals surface area contributed by atoms with Crippen molar-refractivity contribution >= 4 is 53.5 Å². The molecular formula is C22H17Br3N2O. The second kappa shape index (κ2) is 8.41. The molecule has 2 unspecified atom stereocenters. The largest absolute Gasteiger partial charge is 0.508 e. The lowest BCUT2D eigenvalue weighted by Gasteiger charge is -2.33. The zero-order valence-electron chi connectivity index (χ0n) is 14.7. The molecule has 3 nitrogen and oxygen atoms in total. The predicted octanol–water partition coefficient (Wildman–Crippen LogP) is 6.65. The quantitative estimate of drug-likeness (QED) is 0.334. The van der Waals surface area contributed by atoms with Gasteiger partial charge >= 0.3 is 0 Å². The van der Waals surface area contributed by atoms with Crippen LogP contribution >= 0.6 is 47.8 Å². The van der Waals surface area contributed by atoms with Gasteiger partial charge in [0.25, 0.3) is 0 Å². The lowest BCUT2D eigenvalue weighted by molar-refractivity contribution is 0.419. The van der Waals surface area contributed by atoms with Crippen molar-refractivity contribution in [1.82, 2.24) is 10.6 Å². The average molecular weight is 565 g/mol. The third-order valence-electron chi connectivity index (χ3n) is 4.64. The third kappa shape index (κ3) is 4.35. The van der Waals surface area contributed by atoms with Crippen LogP contribution in [0.25, 0.3) is 5.70 Å². The van der Waals surface area contributed by atoms with Crippen LogP contribution in [0.15, 0.2) is 86.2 Å². The molecule has 2 atom stereocenters. The molecule has 0 saturated heterocycles. The highest BCUT2D eigenvalue weighted by molar-refractivity contribution is 9.11. The summed E-state index contributed by atoms with van der Waals surface area (Å²) < 4.78 is 2.99. The van der Waals surface area contributed by atoms with Gasteiger partial charge in [-0.1, -0.05) is 72.1 Å². The Morgan fingerprint density at radius 2 is 1.50 bits per heavy atom. The van der Waals surface area contributed by atoms with Gasteiger partial charge in [0.2, 0.25) is 0 Å². The summed E-state index contributed by atoms with van der Waals surface area (Å²) in [7, 11) is 0. The van der Waals surface area contributed by atoms with E-state index in [-0.39, 0.29) is 18.0 Å². The van der Waals surface area contributed by atoms with E-state index in [1.807, 2.05) is 36.4 Å². The molecule has 0 bridgehead atoms. The number of phenolic OH excluding ortho intramolecular Hbond substituents is 1. The Balaban J connectivity index is 1.78. The number of rotatable bonds is 3. The van der Waals surface area contributed by atoms with E-state index < -0.39 is 0 Å². The average Bonchev–Trinajstić information content (AvgIpc) is 2.70. The van der Waals surface area contributed by atoms with E-state index in [9.17, 15) is 5.11 Å². The molecule has 3 N–H and O–H groups in total. The summed E-state index contributed by atoms with van der Waals surface area (Å²) in [5.74, 6) is 0.266. The zero-order valence-corrected chi connectivity index (χ0v) is 19.4. The second-order valence-electron chi connectivity index (χ2n) is 6.57. The number of aromatic hydroxyl groups is 1. The predicted molar refractivity (Wildman–Crippen MR) is 124 cm³/mol. The molecule has 0 aromatic heterocycles. The zero-order chi connectivity index (χ0) is 19.7. The van der Waals surface area contributed by atoms with Crippen molar-refractivity contribution in [1.29, 1.82) is 0 Å². The van der Waals surface area contributed by atoms with Crippen LogP contribution in [0.2, 0.25) is 0 Å². The summed E-state index contributed by atoms with van der Waals surface area (Å²) in [4.78, 5) is 0. The molecule has 28 heavy (non-hydrogen) atoms. The summed E-state index contributed by atoms with van der Waals surface area (Å²) in [6.07, 6.45) is 2.01. The van der Waals surface area contributed by atoms with Crippen molar-refractivity contribution in [3.05, 3.63) is 103 Å². The van der Waals surface area contributed by atoms with Crippen LogP contribution in [0.3, 0.4) is 0 Å². The monoisotopic (exact) mass is 562 g/mol. The number of nitrogens with one attached hydrogen (secondary N) is 2. The molecule has 142 valence electrons. The Morgan fingerprint density at radius 1 is 0.786 bits per heavy atom. The van der Waals surface area contributed by atoms with Crippen LogP contribution < -0.4 is 10.6 Å². The normalized spacial score (nSPS) is 19.0. The molecule has 3 aromatic carbocycles. The number of hydrogen-bond donors (Lipinski definition) is 3. The van der Waals surface area contributed by atoms with Crippen LogP contribution in [-0.2, 0) is 0 Å². The highest BCUT2D eigenvalue weighted by atomic mass is 79.9. The number of benzene rings is 3. The summed E-state index contributed by atoms with van der Waals surface area (Å²) in [5, 5.41) is 17.6. The number of phenols is 1. The Labute approximate surface area is 189 Å². The molecule has 3 aromatic rings. The fourth-order valence-electron chi connectivity index (χ4n) is 3.26. The van der Waals surface area contributed by atoms with E-state index in [1.54, 1.807) is 6.07 Å². The van der Waals surface area contributed by atoms with Crippen molar-refractivity contribution in [3.8, 4) is 5.75 Å². The van der Waals surface area contributed by atoms with Gasteiger partial charge in [0.1, 0.15) is 11.9 Å². The van der Waals surface area contributed by atoms with Gasteiger partial charge in [-0.15, -0.1) is 0 Å². The van der Waals surface area contributed by atoms with Crippen molar-refractivity contribution in [2.75, 3.05) is 0 Å². The second-order valence-corrected chi connectivity index (χ2v) is 9.31. The molecule has 0 amide bonds. The van der Waals surface area contributed by atoms with E-state index in [1.165, 1.54) is 0 Å². The molecule has 6 heteroatoms. The number of hydrogen-bond acceptors (Lipinski definition) is 3. The summed E-state index contributed by atoms with van der Waals surface area (Å²) in [5.41, 5.74) is 4.03. The minimum Gasteiger partial charge on any atom is -0.508 e. The van der Waals surface area contributed by atoms with Gasteiger partial charge in [-0.2, -0.15) is 0 Å². The maximum Gasteiger partial charge on any atom is 0.120 e. The molecule has 1 aliphatic heterocycles. The topological polar surface area (TPSA) is 44.3 Å². The lowest BCUT2D eigenvalue weighted by atomic mass is 9.98. The molecular weight excluding hydrogens is 548 g/mol. The summed E-state index contributed by atoms with van der Waals surface area (Å²) in [6.45, 7) is 0. The first-order valence-electron chi connectivity index (χ1n) is 8.74. The van der Waals surface area contributed by atoms with Crippen LogP contribution in [0, 0.1) is 0 Å². The lowest BCUT2D eigenvalue weighted by Crippen LogP contribution is -2.39. The van der Waals surface area contributed by atoms with Gasteiger partial charge in [0.05, 0.1) is 6.04 Å². The fraction of sp³-hybridized carbons (Fsp3) is 0.0909. The van der Waals surface area contributed by atoms with Crippen LogP contribution in [0.5, 0.6) is 5.75 Å². The minimum atomic E-state index is -0.152. The van der Waals surface area contributed by atoms with E-state index in [0.717, 1.165) is 35.8 Å². The molecule has 0 spiro atoms. The van der Waals surface area contributed by atoms with Crippen molar-refractivity contribution in [3.63, 3.8) is 0 Å². The van der Waals surface area contributed by atoms with Crippen molar-refractivity contribution < 1.29 is 5.11 Å². The smallest absolute Gasteiger partial charge is 0.120 e. The Hall–Kier alpha value is -1.60. The molecule has 0 aliphatic carbocycles. The Bertz CT molecular complexity index is 1030. The first-order valence-corrected chi connectivity index (χ1v) is 11.1. The highest BCUT2D eigenvalue weighted by Gasteiger charge is 2.25. The van der Waals surface area contributed by atoms with E-state index in [0.29, 0.717) is 0 Å². The Morgan fingerprint density at radius 3 is 2.25 bits per heavy atom. The molecule has 1 heterocycles. The van der Waals surface area contributed by atoms with E-state index in [4.69, 9.17) is 0 Å². The van der Waals surface area contributed by atoms with Gasteiger partial charge < -0.3 is 10.4 Å². The first kappa shape index (κ1) is 19.7. The molecule has 0 fully saturated rings. The Kier molecular flexibility index (Phi) is 5.92. The van der Waals surface area contributed by atoms with Crippen molar-refractivity contribution in [2.45, 2.75) is 12.2 Å². The van der Waals surface area contributed by atoms with Crippen LogP contribution in [0.4, 0.5) is 0 Å². The van der Waals surface area contributed by atoms with Gasteiger partial charge in [-0.25, -0.2) is 0 Å². The fourth-order valence-corrected chi connectivity index (χ4v) is 4.31. The first-order chi connectivity index (χ1) is 13.5. The van der Waals surface area contributed by atoms with Crippen LogP contribution in [0.1, 0.15) is 28.9 Å². The maximum absolute atomic E-state index is 10.5. The summed E-state index contributed by atoms with van der Waals surface area (Å²) >= 11 is 10.6. The highest BCUT2D eigenvalue weighted by Crippen LogP contribution is 2.35. The minimum absolute atomic E-state index is 0.101. The number of halogens is 3. The van der Waals surface area contributed by atoms with Gasteiger partial charge in [-0.3, -0.25) is 5.32 Å². The standard InChI is InChI=1S/C22H17Br3N2O/c23-15-6-4-13(5-7-15)22-26-19(14-2-1-3-16(24)10-14)12-20(27-22)18-11-17(25)8-9-21(18)28/h1-12,20,22,26-28H. The van der Waals surface area contributed by atoms with Gasteiger partial charge in [-0.05, 0) is 59.7 Å². The molecule has 4 rings (SSSR count). The molecule has 0 radical (unpaired) electrons. The molecule has 0 saturated carbocycles. The van der Waals surface area contributed by atoms with E-state index >= 15 is 0 Å². The van der Waals surface area contributed by atoms with Gasteiger partial charge in [0.15, 0.2) is 0 Å². The third-order valence-corrected chi connectivity index (χ3v) is 6.16. The maximum atomic E-state index is 10.5. The van der Waals surface area contributed by atoms with Crippen LogP contribution in [-0.4, -0.2) is 5.11 Å². The van der Waals surface area contributed by atoms with Gasteiger partial charge in [0, 0.05) is 24.7 Å². The van der Waals surface area contributed by atoms with Crippen molar-refractivity contribution in [2.24, 2.45) is 0 Å². The SMILES string of the molecule is Oc1ccc(Br)cc1C1C=C(c2cccc(Br)c2)NC(c2ccc(Br)cc2)N1. The summed E-state index contributed by atoms with van der Waals surface area (Å²) in [6, 6.07) is 21.8. The molecule has 1 aliphatic rings.